The maximum atomic E-state index is 3.50. The van der Waals surface area contributed by atoms with Crippen molar-refractivity contribution in [3.05, 3.63) is 22.4 Å². The van der Waals surface area contributed by atoms with E-state index in [9.17, 15) is 0 Å². The van der Waals surface area contributed by atoms with Crippen LogP contribution in [0.5, 0.6) is 0 Å². The number of nitrogens with one attached hydrogen (secondary N) is 2. The van der Waals surface area contributed by atoms with Crippen molar-refractivity contribution in [2.75, 3.05) is 19.6 Å². The van der Waals surface area contributed by atoms with Crippen LogP contribution in [0.2, 0.25) is 0 Å². The highest BCUT2D eigenvalue weighted by atomic mass is 32.1. The van der Waals surface area contributed by atoms with Gasteiger partial charge in [0.25, 0.3) is 0 Å². The average molecular weight is 182 g/mol. The fraction of sp³-hybridized carbons (Fsp3) is 0.556. The van der Waals surface area contributed by atoms with Crippen LogP contribution in [0.4, 0.5) is 0 Å². The van der Waals surface area contributed by atoms with Crippen LogP contribution < -0.4 is 10.6 Å². The third-order valence-corrected chi connectivity index (χ3v) is 2.94. The van der Waals surface area contributed by atoms with Crippen molar-refractivity contribution < 1.29 is 0 Å². The Bertz CT molecular complexity index is 216. The normalized spacial score (nSPS) is 17.7. The summed E-state index contributed by atoms with van der Waals surface area (Å²) in [5.41, 5.74) is 1.46. The van der Waals surface area contributed by atoms with Crippen molar-refractivity contribution >= 4 is 11.3 Å². The predicted molar refractivity (Wildman–Crippen MR) is 52.7 cm³/mol. The second-order valence-electron chi connectivity index (χ2n) is 3.19. The molecule has 1 aromatic rings. The Morgan fingerprint density at radius 1 is 1.58 bits per heavy atom. The fourth-order valence-corrected chi connectivity index (χ4v) is 1.99. The van der Waals surface area contributed by atoms with Crippen molar-refractivity contribution in [1.82, 2.24) is 10.6 Å². The van der Waals surface area contributed by atoms with Gasteiger partial charge in [-0.2, -0.15) is 11.3 Å². The van der Waals surface area contributed by atoms with Crippen LogP contribution >= 0.6 is 11.3 Å². The Hall–Kier alpha value is -0.380. The Kier molecular flexibility index (Phi) is 2.76. The van der Waals surface area contributed by atoms with E-state index in [4.69, 9.17) is 0 Å². The van der Waals surface area contributed by atoms with Crippen LogP contribution in [0.1, 0.15) is 5.56 Å². The van der Waals surface area contributed by atoms with Crippen LogP contribution in [0.15, 0.2) is 16.8 Å². The zero-order chi connectivity index (χ0) is 8.23. The molecule has 1 aliphatic heterocycles. The minimum Gasteiger partial charge on any atom is -0.314 e. The SMILES string of the molecule is c1cc(CCNC2CNC2)cs1. The molecule has 0 amide bonds. The zero-order valence-electron chi connectivity index (χ0n) is 7.05. The van der Waals surface area contributed by atoms with E-state index in [1.165, 1.54) is 12.0 Å². The summed E-state index contributed by atoms with van der Waals surface area (Å²) in [7, 11) is 0. The first-order chi connectivity index (χ1) is 5.95. The minimum atomic E-state index is 0.726. The smallest absolute Gasteiger partial charge is 0.0317 e. The molecule has 0 aliphatic carbocycles. The molecule has 2 heterocycles. The maximum Gasteiger partial charge on any atom is 0.0317 e. The molecule has 1 saturated heterocycles. The summed E-state index contributed by atoms with van der Waals surface area (Å²) in [6.45, 7) is 3.40. The van der Waals surface area contributed by atoms with Gasteiger partial charge in [0.05, 0.1) is 0 Å². The summed E-state index contributed by atoms with van der Waals surface area (Å²) in [4.78, 5) is 0. The van der Waals surface area contributed by atoms with Crippen LogP contribution in [-0.4, -0.2) is 25.7 Å². The number of rotatable bonds is 4. The summed E-state index contributed by atoms with van der Waals surface area (Å²) in [5, 5.41) is 11.1. The highest BCUT2D eigenvalue weighted by Gasteiger charge is 2.14. The van der Waals surface area contributed by atoms with Crippen LogP contribution in [0, 0.1) is 0 Å². The summed E-state index contributed by atoms with van der Waals surface area (Å²) < 4.78 is 0. The molecule has 12 heavy (non-hydrogen) atoms. The lowest BCUT2D eigenvalue weighted by Gasteiger charge is -2.28. The molecule has 66 valence electrons. The quantitative estimate of drug-likeness (QED) is 0.721. The lowest BCUT2D eigenvalue weighted by atomic mass is 10.1. The van der Waals surface area contributed by atoms with E-state index in [0.29, 0.717) is 0 Å². The first kappa shape index (κ1) is 8.23. The molecule has 1 fully saturated rings. The monoisotopic (exact) mass is 182 g/mol. The molecule has 0 unspecified atom stereocenters. The van der Waals surface area contributed by atoms with E-state index in [1.54, 1.807) is 11.3 Å². The van der Waals surface area contributed by atoms with E-state index >= 15 is 0 Å². The van der Waals surface area contributed by atoms with E-state index in [2.05, 4.69) is 27.5 Å². The molecule has 0 spiro atoms. The second-order valence-corrected chi connectivity index (χ2v) is 3.97. The molecular weight excluding hydrogens is 168 g/mol. The lowest BCUT2D eigenvalue weighted by molar-refractivity contribution is 0.369. The van der Waals surface area contributed by atoms with Crippen molar-refractivity contribution in [1.29, 1.82) is 0 Å². The molecule has 2 rings (SSSR count). The Balaban J connectivity index is 1.62. The molecule has 3 heteroatoms. The summed E-state index contributed by atoms with van der Waals surface area (Å²) in [6, 6.07) is 2.93. The van der Waals surface area contributed by atoms with Gasteiger partial charge in [0.15, 0.2) is 0 Å². The van der Waals surface area contributed by atoms with Crippen molar-refractivity contribution in [2.45, 2.75) is 12.5 Å². The van der Waals surface area contributed by atoms with Gasteiger partial charge in [-0.05, 0) is 35.4 Å². The van der Waals surface area contributed by atoms with Crippen molar-refractivity contribution in [3.63, 3.8) is 0 Å². The van der Waals surface area contributed by atoms with Gasteiger partial charge in [-0.1, -0.05) is 0 Å². The summed E-state index contributed by atoms with van der Waals surface area (Å²) in [5.74, 6) is 0. The zero-order valence-corrected chi connectivity index (χ0v) is 7.86. The van der Waals surface area contributed by atoms with Crippen molar-refractivity contribution in [3.8, 4) is 0 Å². The van der Waals surface area contributed by atoms with E-state index < -0.39 is 0 Å². The lowest BCUT2D eigenvalue weighted by Crippen LogP contribution is -2.55. The van der Waals surface area contributed by atoms with Gasteiger partial charge in [-0.3, -0.25) is 0 Å². The second kappa shape index (κ2) is 4.03. The Morgan fingerprint density at radius 3 is 3.08 bits per heavy atom. The predicted octanol–water partition coefficient (Wildman–Crippen LogP) is 0.852. The van der Waals surface area contributed by atoms with Gasteiger partial charge >= 0.3 is 0 Å². The largest absolute Gasteiger partial charge is 0.314 e. The molecule has 2 N–H and O–H groups in total. The fourth-order valence-electron chi connectivity index (χ4n) is 1.29. The highest BCUT2D eigenvalue weighted by molar-refractivity contribution is 7.07. The first-order valence-corrected chi connectivity index (χ1v) is 5.34. The highest BCUT2D eigenvalue weighted by Crippen LogP contribution is 2.05. The Labute approximate surface area is 77.0 Å². The van der Waals surface area contributed by atoms with Gasteiger partial charge in [-0.15, -0.1) is 0 Å². The summed E-state index contributed by atoms with van der Waals surface area (Å²) in [6.07, 6.45) is 1.17. The van der Waals surface area contributed by atoms with Gasteiger partial charge in [-0.25, -0.2) is 0 Å². The standard InChI is InChI=1S/C9H14N2S/c1(8-2-4-12-7-8)3-11-9-5-10-6-9/h2,4,7,9-11H,1,3,5-6H2. The number of hydrogen-bond donors (Lipinski definition) is 2. The molecule has 2 nitrogen and oxygen atoms in total. The van der Waals surface area contributed by atoms with Gasteiger partial charge in [0.2, 0.25) is 0 Å². The average Bonchev–Trinajstić information content (AvgIpc) is 2.46. The molecule has 0 bridgehead atoms. The van der Waals surface area contributed by atoms with Gasteiger partial charge in [0, 0.05) is 19.1 Å². The molecule has 0 atom stereocenters. The Morgan fingerprint density at radius 2 is 2.50 bits per heavy atom. The number of thiophene rings is 1. The van der Waals surface area contributed by atoms with Gasteiger partial charge < -0.3 is 10.6 Å². The van der Waals surface area contributed by atoms with Crippen LogP contribution in [-0.2, 0) is 6.42 Å². The van der Waals surface area contributed by atoms with Gasteiger partial charge in [0.1, 0.15) is 0 Å². The maximum absolute atomic E-state index is 3.50. The summed E-state index contributed by atoms with van der Waals surface area (Å²) >= 11 is 1.78. The molecule has 1 aliphatic rings. The van der Waals surface area contributed by atoms with E-state index in [-0.39, 0.29) is 0 Å². The van der Waals surface area contributed by atoms with E-state index in [0.717, 1.165) is 25.7 Å². The van der Waals surface area contributed by atoms with Crippen molar-refractivity contribution in [2.24, 2.45) is 0 Å². The number of hydrogen-bond acceptors (Lipinski definition) is 3. The molecular formula is C9H14N2S. The third kappa shape index (κ3) is 2.06. The van der Waals surface area contributed by atoms with Crippen LogP contribution in [0.3, 0.4) is 0 Å². The third-order valence-electron chi connectivity index (χ3n) is 2.21. The molecule has 0 saturated carbocycles. The molecule has 1 aromatic heterocycles. The topological polar surface area (TPSA) is 24.1 Å². The van der Waals surface area contributed by atoms with E-state index in [1.807, 2.05) is 0 Å². The molecule has 0 radical (unpaired) electrons. The first-order valence-electron chi connectivity index (χ1n) is 4.40. The van der Waals surface area contributed by atoms with Crippen LogP contribution in [0.25, 0.3) is 0 Å². The molecule has 0 aromatic carbocycles. The minimum absolute atomic E-state index is 0.726.